The van der Waals surface area contributed by atoms with Crippen LogP contribution in [0.5, 0.6) is 0 Å². The zero-order chi connectivity index (χ0) is 12.5. The van der Waals surface area contributed by atoms with Crippen molar-refractivity contribution in [3.05, 3.63) is 0 Å². The molecule has 0 bridgehead atoms. The first kappa shape index (κ1) is 12.9. The van der Waals surface area contributed by atoms with E-state index in [4.69, 9.17) is 0 Å². The van der Waals surface area contributed by atoms with Gasteiger partial charge >= 0.3 is 0 Å². The van der Waals surface area contributed by atoms with E-state index in [0.29, 0.717) is 17.4 Å². The largest absolute Gasteiger partial charge is 0.341 e. The second-order valence-electron chi connectivity index (χ2n) is 6.58. The second-order valence-corrected chi connectivity index (χ2v) is 6.58. The molecule has 0 aromatic rings. The summed E-state index contributed by atoms with van der Waals surface area (Å²) in [5.74, 6) is 0.337. The van der Waals surface area contributed by atoms with Gasteiger partial charge in [0, 0.05) is 19.1 Å². The summed E-state index contributed by atoms with van der Waals surface area (Å²) in [4.78, 5) is 14.5. The van der Waals surface area contributed by atoms with Gasteiger partial charge in [-0.25, -0.2) is 0 Å². The number of amides is 1. The number of hydrogen-bond acceptors (Lipinski definition) is 2. The molecule has 1 N–H and O–H groups in total. The molecule has 0 aromatic carbocycles. The van der Waals surface area contributed by atoms with Crippen molar-refractivity contribution >= 4 is 5.91 Å². The number of carbonyl (C=O) groups is 1. The summed E-state index contributed by atoms with van der Waals surface area (Å²) in [6.07, 6.45) is 5.80. The first-order chi connectivity index (χ1) is 7.98. The summed E-state index contributed by atoms with van der Waals surface area (Å²) in [6.45, 7) is 8.60. The molecule has 2 heterocycles. The minimum atomic E-state index is 0.0765. The van der Waals surface area contributed by atoms with Gasteiger partial charge in [0.15, 0.2) is 0 Å². The van der Waals surface area contributed by atoms with Crippen LogP contribution in [0.25, 0.3) is 0 Å². The van der Waals surface area contributed by atoms with Crippen LogP contribution in [-0.2, 0) is 4.79 Å². The summed E-state index contributed by atoms with van der Waals surface area (Å²) in [5.41, 5.74) is 0.300. The predicted molar refractivity (Wildman–Crippen MR) is 69.8 cm³/mol. The molecule has 0 saturated carbocycles. The number of likely N-dealkylation sites (tertiary alicyclic amines) is 1. The number of piperidine rings is 2. The maximum absolute atomic E-state index is 12.4. The van der Waals surface area contributed by atoms with Gasteiger partial charge in [0.25, 0.3) is 0 Å². The SMILES string of the molecule is CC1CCCC(C(=O)N2CCCC(C)(C)C2)N1. The van der Waals surface area contributed by atoms with Crippen molar-refractivity contribution < 1.29 is 4.79 Å². The van der Waals surface area contributed by atoms with E-state index in [2.05, 4.69) is 31.0 Å². The molecule has 1 amide bonds. The first-order valence-electron chi connectivity index (χ1n) is 7.03. The van der Waals surface area contributed by atoms with E-state index in [9.17, 15) is 4.79 Å². The van der Waals surface area contributed by atoms with Crippen molar-refractivity contribution in [3.63, 3.8) is 0 Å². The van der Waals surface area contributed by atoms with Crippen molar-refractivity contribution in [2.24, 2.45) is 5.41 Å². The number of hydrogen-bond donors (Lipinski definition) is 1. The van der Waals surface area contributed by atoms with E-state index >= 15 is 0 Å². The van der Waals surface area contributed by atoms with Crippen LogP contribution >= 0.6 is 0 Å². The highest BCUT2D eigenvalue weighted by Gasteiger charge is 2.33. The molecule has 2 saturated heterocycles. The molecule has 2 aliphatic heterocycles. The van der Waals surface area contributed by atoms with Gasteiger partial charge in [-0.2, -0.15) is 0 Å². The van der Waals surface area contributed by atoms with Crippen LogP contribution in [0.2, 0.25) is 0 Å². The third-order valence-corrected chi connectivity index (χ3v) is 4.13. The number of rotatable bonds is 1. The van der Waals surface area contributed by atoms with E-state index in [1.165, 1.54) is 19.3 Å². The third-order valence-electron chi connectivity index (χ3n) is 4.13. The lowest BCUT2D eigenvalue weighted by atomic mass is 9.83. The Morgan fingerprint density at radius 3 is 2.71 bits per heavy atom. The number of nitrogens with zero attached hydrogens (tertiary/aromatic N) is 1. The van der Waals surface area contributed by atoms with Crippen LogP contribution in [0.4, 0.5) is 0 Å². The van der Waals surface area contributed by atoms with Crippen molar-refractivity contribution in [3.8, 4) is 0 Å². The Kier molecular flexibility index (Phi) is 3.76. The van der Waals surface area contributed by atoms with Gasteiger partial charge in [-0.15, -0.1) is 0 Å². The highest BCUT2D eigenvalue weighted by atomic mass is 16.2. The quantitative estimate of drug-likeness (QED) is 0.759. The lowest BCUT2D eigenvalue weighted by molar-refractivity contribution is -0.137. The molecule has 0 aliphatic carbocycles. The smallest absolute Gasteiger partial charge is 0.239 e. The van der Waals surface area contributed by atoms with Gasteiger partial charge in [-0.1, -0.05) is 13.8 Å². The highest BCUT2D eigenvalue weighted by Crippen LogP contribution is 2.29. The van der Waals surface area contributed by atoms with Crippen molar-refractivity contribution in [1.29, 1.82) is 0 Å². The maximum Gasteiger partial charge on any atom is 0.239 e. The van der Waals surface area contributed by atoms with Gasteiger partial charge in [0.05, 0.1) is 6.04 Å². The molecule has 0 aromatic heterocycles. The molecule has 2 fully saturated rings. The fraction of sp³-hybridized carbons (Fsp3) is 0.929. The van der Waals surface area contributed by atoms with E-state index in [1.807, 2.05) is 0 Å². The van der Waals surface area contributed by atoms with Crippen molar-refractivity contribution in [1.82, 2.24) is 10.2 Å². The standard InChI is InChI=1S/C14H26N2O/c1-11-6-4-7-12(15-11)13(17)16-9-5-8-14(2,3)10-16/h11-12,15H,4-10H2,1-3H3. The zero-order valence-corrected chi connectivity index (χ0v) is 11.5. The lowest BCUT2D eigenvalue weighted by Gasteiger charge is -2.40. The summed E-state index contributed by atoms with van der Waals surface area (Å²) in [7, 11) is 0. The van der Waals surface area contributed by atoms with Gasteiger partial charge in [-0.3, -0.25) is 4.79 Å². The average molecular weight is 238 g/mol. The highest BCUT2D eigenvalue weighted by molar-refractivity contribution is 5.82. The molecule has 2 unspecified atom stereocenters. The molecular weight excluding hydrogens is 212 g/mol. The Hall–Kier alpha value is -0.570. The fourth-order valence-electron chi connectivity index (χ4n) is 3.16. The van der Waals surface area contributed by atoms with Crippen LogP contribution in [0.15, 0.2) is 0 Å². The Labute approximate surface area is 105 Å². The van der Waals surface area contributed by atoms with Crippen LogP contribution < -0.4 is 5.32 Å². The number of nitrogens with one attached hydrogen (secondary N) is 1. The van der Waals surface area contributed by atoms with E-state index in [1.54, 1.807) is 0 Å². The van der Waals surface area contributed by atoms with E-state index in [-0.39, 0.29) is 6.04 Å². The molecular formula is C14H26N2O. The lowest BCUT2D eigenvalue weighted by Crippen LogP contribution is -2.54. The molecule has 2 atom stereocenters. The summed E-state index contributed by atoms with van der Waals surface area (Å²) >= 11 is 0. The van der Waals surface area contributed by atoms with Crippen LogP contribution in [-0.4, -0.2) is 36.0 Å². The summed E-state index contributed by atoms with van der Waals surface area (Å²) in [6, 6.07) is 0.572. The van der Waals surface area contributed by atoms with E-state index in [0.717, 1.165) is 25.9 Å². The minimum Gasteiger partial charge on any atom is -0.341 e. The molecule has 0 spiro atoms. The molecule has 2 aliphatic rings. The Morgan fingerprint density at radius 1 is 1.29 bits per heavy atom. The summed E-state index contributed by atoms with van der Waals surface area (Å²) in [5, 5.41) is 3.45. The molecule has 17 heavy (non-hydrogen) atoms. The van der Waals surface area contributed by atoms with Crippen LogP contribution in [0.3, 0.4) is 0 Å². The maximum atomic E-state index is 12.4. The van der Waals surface area contributed by atoms with Gasteiger partial charge in [0.2, 0.25) is 5.91 Å². The minimum absolute atomic E-state index is 0.0765. The van der Waals surface area contributed by atoms with Gasteiger partial charge in [0.1, 0.15) is 0 Å². The average Bonchev–Trinajstić information content (AvgIpc) is 2.26. The Morgan fingerprint density at radius 2 is 2.06 bits per heavy atom. The van der Waals surface area contributed by atoms with Crippen LogP contribution in [0, 0.1) is 5.41 Å². The molecule has 0 radical (unpaired) electrons. The Bertz CT molecular complexity index is 288. The monoisotopic (exact) mass is 238 g/mol. The normalized spacial score (nSPS) is 33.5. The zero-order valence-electron chi connectivity index (χ0n) is 11.5. The van der Waals surface area contributed by atoms with Gasteiger partial charge in [-0.05, 0) is 44.4 Å². The summed E-state index contributed by atoms with van der Waals surface area (Å²) < 4.78 is 0. The molecule has 3 heteroatoms. The molecule has 2 rings (SSSR count). The topological polar surface area (TPSA) is 32.3 Å². The van der Waals surface area contributed by atoms with E-state index < -0.39 is 0 Å². The number of carbonyl (C=O) groups excluding carboxylic acids is 1. The van der Waals surface area contributed by atoms with Crippen molar-refractivity contribution in [2.45, 2.75) is 65.0 Å². The molecule has 98 valence electrons. The Balaban J connectivity index is 1.94. The van der Waals surface area contributed by atoms with Crippen molar-refractivity contribution in [2.75, 3.05) is 13.1 Å². The molecule has 3 nitrogen and oxygen atoms in total. The second kappa shape index (κ2) is 4.97. The first-order valence-corrected chi connectivity index (χ1v) is 7.03. The third kappa shape index (κ3) is 3.21. The van der Waals surface area contributed by atoms with Crippen LogP contribution in [0.1, 0.15) is 52.9 Å². The van der Waals surface area contributed by atoms with Gasteiger partial charge < -0.3 is 10.2 Å². The predicted octanol–water partition coefficient (Wildman–Crippen LogP) is 2.17. The fourth-order valence-corrected chi connectivity index (χ4v) is 3.16.